The van der Waals surface area contributed by atoms with E-state index in [0.29, 0.717) is 6.04 Å². The second-order valence-electron chi connectivity index (χ2n) is 2.41. The molecule has 0 aliphatic heterocycles. The molecule has 0 amide bonds. The molecule has 0 fully saturated rings. The van der Waals surface area contributed by atoms with E-state index in [1.807, 2.05) is 0 Å². The Bertz CT molecular complexity index is 104. The number of terminal acetylenes is 1. The summed E-state index contributed by atoms with van der Waals surface area (Å²) in [6, 6.07) is 0.310. The largest absolute Gasteiger partial charge is 0.271 e. The summed E-state index contributed by atoms with van der Waals surface area (Å²) in [5.41, 5.74) is 2.70. The van der Waals surface area contributed by atoms with Crippen molar-refractivity contribution in [2.75, 3.05) is 0 Å². The lowest BCUT2D eigenvalue weighted by Gasteiger charge is -2.10. The molecule has 3 N–H and O–H groups in total. The lowest BCUT2D eigenvalue weighted by atomic mass is 10.1. The first-order valence-electron chi connectivity index (χ1n) is 3.74. The van der Waals surface area contributed by atoms with Crippen LogP contribution in [0.4, 0.5) is 0 Å². The predicted molar refractivity (Wildman–Crippen MR) is 44.1 cm³/mol. The van der Waals surface area contributed by atoms with E-state index in [-0.39, 0.29) is 0 Å². The minimum atomic E-state index is 0.310. The standard InChI is InChI=1S/C8H16N2/c1-3-5-7-8(10-9)6-4-2/h2,8,10H,3,5-7,9H2,1H3. The molecule has 10 heavy (non-hydrogen) atoms. The molecular formula is C8H16N2. The van der Waals surface area contributed by atoms with Gasteiger partial charge in [0.15, 0.2) is 0 Å². The summed E-state index contributed by atoms with van der Waals surface area (Å²) < 4.78 is 0. The van der Waals surface area contributed by atoms with Crippen molar-refractivity contribution >= 4 is 0 Å². The number of nitrogens with one attached hydrogen (secondary N) is 1. The van der Waals surface area contributed by atoms with Gasteiger partial charge in [0.1, 0.15) is 0 Å². The molecule has 0 aliphatic carbocycles. The highest BCUT2D eigenvalue weighted by atomic mass is 15.2. The van der Waals surface area contributed by atoms with Gasteiger partial charge < -0.3 is 0 Å². The molecule has 0 heterocycles. The van der Waals surface area contributed by atoms with Crippen LogP contribution in [0.3, 0.4) is 0 Å². The molecule has 0 saturated heterocycles. The first-order chi connectivity index (χ1) is 4.85. The van der Waals surface area contributed by atoms with Gasteiger partial charge in [-0.2, -0.15) is 0 Å². The van der Waals surface area contributed by atoms with Crippen LogP contribution < -0.4 is 11.3 Å². The Morgan fingerprint density at radius 2 is 2.40 bits per heavy atom. The van der Waals surface area contributed by atoms with E-state index in [4.69, 9.17) is 12.3 Å². The van der Waals surface area contributed by atoms with Gasteiger partial charge in [-0.3, -0.25) is 11.3 Å². The van der Waals surface area contributed by atoms with Gasteiger partial charge in [-0.15, -0.1) is 12.3 Å². The van der Waals surface area contributed by atoms with E-state index in [1.165, 1.54) is 12.8 Å². The van der Waals surface area contributed by atoms with Crippen LogP contribution in [0.5, 0.6) is 0 Å². The summed E-state index contributed by atoms with van der Waals surface area (Å²) in [4.78, 5) is 0. The first-order valence-corrected chi connectivity index (χ1v) is 3.74. The highest BCUT2D eigenvalue weighted by molar-refractivity contribution is 4.88. The van der Waals surface area contributed by atoms with Crippen LogP contribution in [-0.2, 0) is 0 Å². The predicted octanol–water partition coefficient (Wildman–Crippen LogP) is 1.03. The zero-order chi connectivity index (χ0) is 7.82. The molecule has 2 nitrogen and oxygen atoms in total. The van der Waals surface area contributed by atoms with Gasteiger partial charge in [0.2, 0.25) is 0 Å². The molecular weight excluding hydrogens is 124 g/mol. The average molecular weight is 140 g/mol. The number of hydrogen-bond acceptors (Lipinski definition) is 2. The van der Waals surface area contributed by atoms with Gasteiger partial charge in [-0.1, -0.05) is 19.8 Å². The first kappa shape index (κ1) is 9.48. The third-order valence-electron chi connectivity index (χ3n) is 1.51. The van der Waals surface area contributed by atoms with Gasteiger partial charge in [0, 0.05) is 12.5 Å². The summed E-state index contributed by atoms with van der Waals surface area (Å²) in [5.74, 6) is 7.84. The van der Waals surface area contributed by atoms with E-state index >= 15 is 0 Å². The molecule has 0 aromatic carbocycles. The van der Waals surface area contributed by atoms with Gasteiger partial charge in [-0.25, -0.2) is 0 Å². The van der Waals surface area contributed by atoms with Gasteiger partial charge in [0.05, 0.1) is 0 Å². The number of rotatable bonds is 5. The van der Waals surface area contributed by atoms with Crippen LogP contribution in [-0.4, -0.2) is 6.04 Å². The molecule has 0 spiro atoms. The topological polar surface area (TPSA) is 38.0 Å². The lowest BCUT2D eigenvalue weighted by molar-refractivity contribution is 0.485. The normalized spacial score (nSPS) is 12.5. The smallest absolute Gasteiger partial charge is 0.0319 e. The molecule has 0 aromatic rings. The zero-order valence-electron chi connectivity index (χ0n) is 6.56. The van der Waals surface area contributed by atoms with Crippen molar-refractivity contribution in [3.63, 3.8) is 0 Å². The molecule has 0 aliphatic rings. The second kappa shape index (κ2) is 6.60. The third-order valence-corrected chi connectivity index (χ3v) is 1.51. The number of unbranched alkanes of at least 4 members (excludes halogenated alkanes) is 1. The van der Waals surface area contributed by atoms with Crippen molar-refractivity contribution in [2.24, 2.45) is 5.84 Å². The molecule has 58 valence electrons. The van der Waals surface area contributed by atoms with Crippen LogP contribution in [0.2, 0.25) is 0 Å². The Balaban J connectivity index is 3.32. The maximum atomic E-state index is 5.25. The van der Waals surface area contributed by atoms with E-state index in [0.717, 1.165) is 12.8 Å². The lowest BCUT2D eigenvalue weighted by Crippen LogP contribution is -2.34. The van der Waals surface area contributed by atoms with Crippen LogP contribution in [0, 0.1) is 12.3 Å². The molecule has 0 rings (SSSR count). The number of nitrogens with two attached hydrogens (primary N) is 1. The molecule has 0 aromatic heterocycles. The monoisotopic (exact) mass is 140 g/mol. The summed E-state index contributed by atoms with van der Waals surface area (Å²) in [5, 5.41) is 0. The Kier molecular flexibility index (Phi) is 6.25. The Labute approximate surface area is 63.2 Å². The van der Waals surface area contributed by atoms with E-state index in [2.05, 4.69) is 18.3 Å². The molecule has 1 atom stereocenters. The summed E-state index contributed by atoms with van der Waals surface area (Å²) in [6.07, 6.45) is 9.33. The minimum absolute atomic E-state index is 0.310. The van der Waals surface area contributed by atoms with Gasteiger partial charge >= 0.3 is 0 Å². The number of hydrogen-bond donors (Lipinski definition) is 2. The maximum Gasteiger partial charge on any atom is 0.0319 e. The van der Waals surface area contributed by atoms with Gasteiger partial charge in [-0.05, 0) is 6.42 Å². The zero-order valence-corrected chi connectivity index (χ0v) is 6.56. The maximum absolute atomic E-state index is 5.25. The average Bonchev–Trinajstić information content (AvgIpc) is 1.98. The van der Waals surface area contributed by atoms with Crippen molar-refractivity contribution in [3.8, 4) is 12.3 Å². The molecule has 0 bridgehead atoms. The van der Waals surface area contributed by atoms with E-state index in [9.17, 15) is 0 Å². The highest BCUT2D eigenvalue weighted by Gasteiger charge is 2.01. The van der Waals surface area contributed by atoms with Crippen LogP contribution >= 0.6 is 0 Å². The quantitative estimate of drug-likeness (QED) is 0.340. The fraction of sp³-hybridized carbons (Fsp3) is 0.750. The van der Waals surface area contributed by atoms with Crippen molar-refractivity contribution in [1.29, 1.82) is 0 Å². The second-order valence-corrected chi connectivity index (χ2v) is 2.41. The van der Waals surface area contributed by atoms with Crippen molar-refractivity contribution < 1.29 is 0 Å². The summed E-state index contributed by atoms with van der Waals surface area (Å²) >= 11 is 0. The molecule has 1 unspecified atom stereocenters. The Hall–Kier alpha value is -0.520. The van der Waals surface area contributed by atoms with Crippen LogP contribution in [0.1, 0.15) is 32.6 Å². The van der Waals surface area contributed by atoms with Crippen LogP contribution in [0.25, 0.3) is 0 Å². The van der Waals surface area contributed by atoms with Gasteiger partial charge in [0.25, 0.3) is 0 Å². The molecule has 0 saturated carbocycles. The van der Waals surface area contributed by atoms with E-state index < -0.39 is 0 Å². The Morgan fingerprint density at radius 3 is 2.80 bits per heavy atom. The van der Waals surface area contributed by atoms with Crippen LogP contribution in [0.15, 0.2) is 0 Å². The minimum Gasteiger partial charge on any atom is -0.271 e. The van der Waals surface area contributed by atoms with Crippen molar-refractivity contribution in [3.05, 3.63) is 0 Å². The van der Waals surface area contributed by atoms with E-state index in [1.54, 1.807) is 0 Å². The third kappa shape index (κ3) is 4.37. The summed E-state index contributed by atoms with van der Waals surface area (Å²) in [7, 11) is 0. The fourth-order valence-corrected chi connectivity index (χ4v) is 0.837. The summed E-state index contributed by atoms with van der Waals surface area (Å²) in [6.45, 7) is 2.16. The number of hydrazine groups is 1. The van der Waals surface area contributed by atoms with Crippen molar-refractivity contribution in [2.45, 2.75) is 38.6 Å². The fourth-order valence-electron chi connectivity index (χ4n) is 0.837. The Morgan fingerprint density at radius 1 is 1.70 bits per heavy atom. The molecule has 0 radical (unpaired) electrons. The SMILES string of the molecule is C#CCC(CCCC)NN. The van der Waals surface area contributed by atoms with Crippen molar-refractivity contribution in [1.82, 2.24) is 5.43 Å². The molecule has 2 heteroatoms. The highest BCUT2D eigenvalue weighted by Crippen LogP contribution is 2.01.